The molecule has 0 aliphatic carbocycles. The Morgan fingerprint density at radius 1 is 1.07 bits per heavy atom. The van der Waals surface area contributed by atoms with Gasteiger partial charge >= 0.3 is 5.97 Å². The Balaban J connectivity index is 2.07. The monoisotopic (exact) mass is 435 g/mol. The molecule has 0 aromatic heterocycles. The quantitative estimate of drug-likeness (QED) is 0.628. The Labute approximate surface area is 166 Å². The maximum atomic E-state index is 12.4. The number of anilines is 1. The van der Waals surface area contributed by atoms with Crippen molar-refractivity contribution < 1.29 is 23.8 Å². The summed E-state index contributed by atoms with van der Waals surface area (Å²) < 4.78 is 16.4. The fraction of sp³-hybridized carbons (Fsp3) is 0.300. The van der Waals surface area contributed by atoms with Crippen molar-refractivity contribution in [2.75, 3.05) is 26.1 Å². The number of nitrogens with one attached hydrogen (secondary N) is 1. The summed E-state index contributed by atoms with van der Waals surface area (Å²) in [5.41, 5.74) is 1.69. The van der Waals surface area contributed by atoms with Crippen LogP contribution in [0.1, 0.15) is 29.3 Å². The molecule has 1 N–H and O–H groups in total. The molecule has 0 aliphatic rings. The Morgan fingerprint density at radius 2 is 1.74 bits per heavy atom. The molecule has 6 nitrogen and oxygen atoms in total. The van der Waals surface area contributed by atoms with Gasteiger partial charge in [-0.3, -0.25) is 4.79 Å². The van der Waals surface area contributed by atoms with E-state index in [0.717, 1.165) is 10.0 Å². The minimum absolute atomic E-state index is 0.201. The topological polar surface area (TPSA) is 73.9 Å². The molecule has 7 heteroatoms. The highest BCUT2D eigenvalue weighted by molar-refractivity contribution is 9.10. The van der Waals surface area contributed by atoms with E-state index in [4.69, 9.17) is 14.2 Å². The van der Waals surface area contributed by atoms with E-state index in [2.05, 4.69) is 21.2 Å². The Kier molecular flexibility index (Phi) is 7.67. The molecule has 1 amide bonds. The van der Waals surface area contributed by atoms with Crippen molar-refractivity contribution in [1.82, 2.24) is 0 Å². The Bertz CT molecular complexity index is 822. The molecule has 2 rings (SSSR count). The van der Waals surface area contributed by atoms with E-state index in [0.29, 0.717) is 29.2 Å². The van der Waals surface area contributed by atoms with Crippen LogP contribution in [-0.2, 0) is 16.0 Å². The van der Waals surface area contributed by atoms with E-state index in [9.17, 15) is 9.59 Å². The average molecular weight is 436 g/mol. The minimum atomic E-state index is -0.462. The number of benzene rings is 2. The molecule has 0 fully saturated rings. The molecule has 2 aromatic carbocycles. The van der Waals surface area contributed by atoms with Crippen LogP contribution in [-0.4, -0.2) is 32.7 Å². The normalized spacial score (nSPS) is 10.2. The fourth-order valence-electron chi connectivity index (χ4n) is 2.53. The third kappa shape index (κ3) is 5.47. The molecule has 0 radical (unpaired) electrons. The number of amides is 1. The minimum Gasteiger partial charge on any atom is -0.493 e. The third-order valence-corrected chi connectivity index (χ3v) is 4.61. The first kappa shape index (κ1) is 20.8. The summed E-state index contributed by atoms with van der Waals surface area (Å²) in [6, 6.07) is 10.4. The standard InChI is InChI=1S/C20H22BrNO5/c1-4-27-20(24)14-7-5-6-8-16(14)22-19(23)10-9-13-11-17(25-2)18(26-3)12-15(13)21/h5-8,11-12H,4,9-10H2,1-3H3,(H,22,23). The van der Waals surface area contributed by atoms with Gasteiger partial charge in [-0.05, 0) is 43.2 Å². The van der Waals surface area contributed by atoms with Gasteiger partial charge in [-0.15, -0.1) is 0 Å². The maximum absolute atomic E-state index is 12.4. The second kappa shape index (κ2) is 9.97. The van der Waals surface area contributed by atoms with Gasteiger partial charge in [0.1, 0.15) is 0 Å². The molecule has 0 unspecified atom stereocenters. The lowest BCUT2D eigenvalue weighted by Crippen LogP contribution is -2.16. The van der Waals surface area contributed by atoms with Gasteiger partial charge in [0.25, 0.3) is 0 Å². The van der Waals surface area contributed by atoms with Crippen LogP contribution in [0.5, 0.6) is 11.5 Å². The van der Waals surface area contributed by atoms with Crippen LogP contribution >= 0.6 is 15.9 Å². The van der Waals surface area contributed by atoms with E-state index in [1.165, 1.54) is 0 Å². The molecule has 0 spiro atoms. The van der Waals surface area contributed by atoms with Gasteiger partial charge in [0, 0.05) is 10.9 Å². The average Bonchev–Trinajstić information content (AvgIpc) is 2.67. The predicted octanol–water partition coefficient (Wildman–Crippen LogP) is 4.21. The number of esters is 1. The van der Waals surface area contributed by atoms with Crippen molar-refractivity contribution in [3.63, 3.8) is 0 Å². The highest BCUT2D eigenvalue weighted by Gasteiger charge is 2.15. The van der Waals surface area contributed by atoms with E-state index in [1.807, 2.05) is 12.1 Å². The lowest BCUT2D eigenvalue weighted by atomic mass is 10.1. The van der Waals surface area contributed by atoms with Crippen molar-refractivity contribution in [3.05, 3.63) is 52.0 Å². The number of carbonyl (C=O) groups excluding carboxylic acids is 2. The Hall–Kier alpha value is -2.54. The van der Waals surface area contributed by atoms with Crippen LogP contribution < -0.4 is 14.8 Å². The van der Waals surface area contributed by atoms with E-state index >= 15 is 0 Å². The smallest absolute Gasteiger partial charge is 0.340 e. The zero-order chi connectivity index (χ0) is 19.8. The van der Waals surface area contributed by atoms with Crippen LogP contribution in [0.2, 0.25) is 0 Å². The summed E-state index contributed by atoms with van der Waals surface area (Å²) in [4.78, 5) is 24.4. The molecular formula is C20H22BrNO5. The zero-order valence-corrected chi connectivity index (χ0v) is 17.1. The first-order valence-electron chi connectivity index (χ1n) is 8.46. The predicted molar refractivity (Wildman–Crippen MR) is 107 cm³/mol. The molecular weight excluding hydrogens is 414 g/mol. The highest BCUT2D eigenvalue weighted by Crippen LogP contribution is 2.33. The van der Waals surface area contributed by atoms with E-state index in [1.54, 1.807) is 45.4 Å². The Morgan fingerprint density at radius 3 is 2.41 bits per heavy atom. The van der Waals surface area contributed by atoms with Crippen molar-refractivity contribution in [2.24, 2.45) is 0 Å². The number of hydrogen-bond acceptors (Lipinski definition) is 5. The molecule has 27 heavy (non-hydrogen) atoms. The maximum Gasteiger partial charge on any atom is 0.340 e. The van der Waals surface area contributed by atoms with Crippen LogP contribution in [0.3, 0.4) is 0 Å². The first-order valence-corrected chi connectivity index (χ1v) is 9.25. The van der Waals surface area contributed by atoms with Crippen LogP contribution in [0.15, 0.2) is 40.9 Å². The van der Waals surface area contributed by atoms with Crippen molar-refractivity contribution >= 4 is 33.5 Å². The zero-order valence-electron chi connectivity index (χ0n) is 15.5. The highest BCUT2D eigenvalue weighted by atomic mass is 79.9. The summed E-state index contributed by atoms with van der Waals surface area (Å²) >= 11 is 3.49. The number of rotatable bonds is 8. The molecule has 144 valence electrons. The number of methoxy groups -OCH3 is 2. The summed E-state index contributed by atoms with van der Waals surface area (Å²) in [6.45, 7) is 2.01. The molecule has 0 bridgehead atoms. The third-order valence-electron chi connectivity index (χ3n) is 3.87. The number of carbonyl (C=O) groups is 2. The van der Waals surface area contributed by atoms with Crippen LogP contribution in [0.25, 0.3) is 0 Å². The lowest BCUT2D eigenvalue weighted by Gasteiger charge is -2.13. The molecule has 0 saturated heterocycles. The first-order chi connectivity index (χ1) is 13.0. The number of hydrogen-bond donors (Lipinski definition) is 1. The number of ether oxygens (including phenoxy) is 3. The summed E-state index contributed by atoms with van der Waals surface area (Å²) in [5, 5.41) is 2.78. The van der Waals surface area contributed by atoms with Gasteiger partial charge in [0.05, 0.1) is 32.1 Å². The van der Waals surface area contributed by atoms with E-state index < -0.39 is 5.97 Å². The molecule has 2 aromatic rings. The van der Waals surface area contributed by atoms with E-state index in [-0.39, 0.29) is 18.9 Å². The largest absolute Gasteiger partial charge is 0.493 e. The van der Waals surface area contributed by atoms with Gasteiger partial charge in [-0.2, -0.15) is 0 Å². The summed E-state index contributed by atoms with van der Waals surface area (Å²) in [5.74, 6) is 0.550. The SMILES string of the molecule is CCOC(=O)c1ccccc1NC(=O)CCc1cc(OC)c(OC)cc1Br. The van der Waals surface area contributed by atoms with Crippen molar-refractivity contribution in [3.8, 4) is 11.5 Å². The van der Waals surface area contributed by atoms with Crippen LogP contribution in [0, 0.1) is 0 Å². The fourth-order valence-corrected chi connectivity index (χ4v) is 3.05. The van der Waals surface area contributed by atoms with Gasteiger partial charge < -0.3 is 19.5 Å². The summed E-state index contributed by atoms with van der Waals surface area (Å²) in [6.07, 6.45) is 0.736. The van der Waals surface area contributed by atoms with Gasteiger partial charge in [0.15, 0.2) is 11.5 Å². The summed E-state index contributed by atoms with van der Waals surface area (Å²) in [7, 11) is 3.13. The number of para-hydroxylation sites is 1. The van der Waals surface area contributed by atoms with Gasteiger partial charge in [0.2, 0.25) is 5.91 Å². The second-order valence-corrected chi connectivity index (χ2v) is 6.47. The molecule has 0 aliphatic heterocycles. The van der Waals surface area contributed by atoms with Gasteiger partial charge in [-0.25, -0.2) is 4.79 Å². The number of aryl methyl sites for hydroxylation is 1. The molecule has 0 atom stereocenters. The van der Waals surface area contributed by atoms with Crippen molar-refractivity contribution in [2.45, 2.75) is 19.8 Å². The second-order valence-electron chi connectivity index (χ2n) is 5.61. The molecule has 0 heterocycles. The lowest BCUT2D eigenvalue weighted by molar-refractivity contribution is -0.116. The molecule has 0 saturated carbocycles. The van der Waals surface area contributed by atoms with Crippen LogP contribution in [0.4, 0.5) is 5.69 Å². The van der Waals surface area contributed by atoms with Crippen molar-refractivity contribution in [1.29, 1.82) is 0 Å². The van der Waals surface area contributed by atoms with Gasteiger partial charge in [-0.1, -0.05) is 28.1 Å². The number of halogens is 1.